The van der Waals surface area contributed by atoms with Crippen LogP contribution in [0, 0.1) is 23.2 Å². The van der Waals surface area contributed by atoms with Crippen molar-refractivity contribution in [2.24, 2.45) is 11.8 Å². The predicted molar refractivity (Wildman–Crippen MR) is 154 cm³/mol. The van der Waals surface area contributed by atoms with Gasteiger partial charge in [0.05, 0.1) is 17.2 Å². The van der Waals surface area contributed by atoms with E-state index in [1.807, 2.05) is 30.3 Å². The van der Waals surface area contributed by atoms with Gasteiger partial charge in [-0.2, -0.15) is 5.26 Å². The van der Waals surface area contributed by atoms with E-state index >= 15 is 0 Å². The number of nitriles is 1. The van der Waals surface area contributed by atoms with Crippen molar-refractivity contribution in [2.45, 2.75) is 57.4 Å². The number of piperidine rings is 1. The van der Waals surface area contributed by atoms with E-state index in [4.69, 9.17) is 5.26 Å². The Kier molecular flexibility index (Phi) is 6.69. The maximum atomic E-state index is 13.2. The lowest BCUT2D eigenvalue weighted by Crippen LogP contribution is -2.58. The van der Waals surface area contributed by atoms with Gasteiger partial charge in [-0.25, -0.2) is 0 Å². The molecule has 1 saturated heterocycles. The summed E-state index contributed by atoms with van der Waals surface area (Å²) >= 11 is 0. The number of carbonyl (C=O) groups excluding carboxylic acids is 1. The van der Waals surface area contributed by atoms with Crippen LogP contribution < -0.4 is 5.32 Å². The SMILES string of the molecule is CC1C2Cc3ccc(C(=O)NCCc4ccc(-c5ccc(C#N)cc5)cc4)c(O)c3C1(C)CCN2CC1CC1. The smallest absolute Gasteiger partial charge is 0.255 e. The van der Waals surface area contributed by atoms with Gasteiger partial charge in [-0.1, -0.05) is 56.3 Å². The Morgan fingerprint density at radius 2 is 1.77 bits per heavy atom. The first-order valence-electron chi connectivity index (χ1n) is 14.3. The Morgan fingerprint density at radius 1 is 1.08 bits per heavy atom. The molecule has 1 saturated carbocycles. The van der Waals surface area contributed by atoms with E-state index in [1.165, 1.54) is 24.9 Å². The largest absolute Gasteiger partial charge is 0.507 e. The first-order valence-corrected chi connectivity index (χ1v) is 14.3. The molecule has 200 valence electrons. The molecule has 1 amide bonds. The monoisotopic (exact) mass is 519 g/mol. The van der Waals surface area contributed by atoms with Crippen LogP contribution in [-0.2, 0) is 18.3 Å². The molecule has 2 N–H and O–H groups in total. The summed E-state index contributed by atoms with van der Waals surface area (Å²) in [6, 6.07) is 22.4. The van der Waals surface area contributed by atoms with Crippen LogP contribution in [-0.4, -0.2) is 41.6 Å². The van der Waals surface area contributed by atoms with Crippen molar-refractivity contribution >= 4 is 5.91 Å². The van der Waals surface area contributed by atoms with Gasteiger partial charge >= 0.3 is 0 Å². The number of phenolic OH excluding ortho intramolecular Hbond substituents is 1. The molecule has 3 aliphatic rings. The second-order valence-corrected chi connectivity index (χ2v) is 12.1. The van der Waals surface area contributed by atoms with Gasteiger partial charge in [-0.3, -0.25) is 9.69 Å². The van der Waals surface area contributed by atoms with Crippen LogP contribution in [0.4, 0.5) is 0 Å². The second kappa shape index (κ2) is 10.2. The molecule has 3 aromatic rings. The van der Waals surface area contributed by atoms with Crippen LogP contribution in [0.5, 0.6) is 5.75 Å². The quantitative estimate of drug-likeness (QED) is 0.411. The van der Waals surface area contributed by atoms with Crippen LogP contribution in [0.1, 0.15) is 65.7 Å². The molecule has 2 fully saturated rings. The van der Waals surface area contributed by atoms with Crippen molar-refractivity contribution in [1.29, 1.82) is 5.26 Å². The van der Waals surface area contributed by atoms with Gasteiger partial charge < -0.3 is 10.4 Å². The zero-order valence-corrected chi connectivity index (χ0v) is 22.9. The third kappa shape index (κ3) is 4.83. The molecule has 5 nitrogen and oxygen atoms in total. The third-order valence-corrected chi connectivity index (χ3v) is 9.67. The number of carbonyl (C=O) groups is 1. The summed E-state index contributed by atoms with van der Waals surface area (Å²) < 4.78 is 0. The Hall–Kier alpha value is -3.62. The molecule has 1 heterocycles. The van der Waals surface area contributed by atoms with E-state index in [9.17, 15) is 9.90 Å². The zero-order chi connectivity index (χ0) is 27.1. The van der Waals surface area contributed by atoms with Crippen LogP contribution in [0.2, 0.25) is 0 Å². The lowest BCUT2D eigenvalue weighted by molar-refractivity contribution is 0.0271. The van der Waals surface area contributed by atoms with Gasteiger partial charge in [0.25, 0.3) is 5.91 Å². The molecule has 6 rings (SSSR count). The maximum absolute atomic E-state index is 13.2. The molecule has 0 spiro atoms. The Bertz CT molecular complexity index is 1420. The minimum absolute atomic E-state index is 0.116. The lowest BCUT2D eigenvalue weighted by atomic mass is 9.58. The number of hydrogen-bond donors (Lipinski definition) is 2. The first-order chi connectivity index (χ1) is 18.9. The molecule has 3 aromatic carbocycles. The van der Waals surface area contributed by atoms with Crippen molar-refractivity contribution < 1.29 is 9.90 Å². The summed E-state index contributed by atoms with van der Waals surface area (Å²) in [6.07, 6.45) is 5.41. The van der Waals surface area contributed by atoms with E-state index in [0.29, 0.717) is 36.1 Å². The van der Waals surface area contributed by atoms with E-state index in [2.05, 4.69) is 60.5 Å². The van der Waals surface area contributed by atoms with Gasteiger partial charge in [-0.15, -0.1) is 0 Å². The fourth-order valence-electron chi connectivity index (χ4n) is 6.89. The number of fused-ring (bicyclic) bond motifs is 4. The maximum Gasteiger partial charge on any atom is 0.255 e. The highest BCUT2D eigenvalue weighted by Crippen LogP contribution is 2.52. The summed E-state index contributed by atoms with van der Waals surface area (Å²) in [7, 11) is 0. The molecule has 2 aliphatic carbocycles. The van der Waals surface area contributed by atoms with Gasteiger partial charge in [0.2, 0.25) is 0 Å². The van der Waals surface area contributed by atoms with Crippen molar-refractivity contribution in [1.82, 2.24) is 10.2 Å². The molecule has 5 heteroatoms. The van der Waals surface area contributed by atoms with Gasteiger partial charge in [0.15, 0.2) is 0 Å². The lowest BCUT2D eigenvalue weighted by Gasteiger charge is -2.55. The molecule has 39 heavy (non-hydrogen) atoms. The van der Waals surface area contributed by atoms with Crippen LogP contribution in [0.15, 0.2) is 60.7 Å². The molecule has 0 aromatic heterocycles. The highest BCUT2D eigenvalue weighted by molar-refractivity contribution is 5.97. The van der Waals surface area contributed by atoms with Crippen molar-refractivity contribution in [2.75, 3.05) is 19.6 Å². The number of nitrogens with one attached hydrogen (secondary N) is 1. The fourth-order valence-corrected chi connectivity index (χ4v) is 6.89. The number of benzene rings is 3. The number of amides is 1. The predicted octanol–water partition coefficient (Wildman–Crippen LogP) is 5.84. The molecular weight excluding hydrogens is 482 g/mol. The van der Waals surface area contributed by atoms with Crippen molar-refractivity contribution in [3.63, 3.8) is 0 Å². The molecular formula is C34H37N3O2. The zero-order valence-electron chi connectivity index (χ0n) is 22.9. The molecule has 2 bridgehead atoms. The van der Waals surface area contributed by atoms with E-state index in [-0.39, 0.29) is 17.1 Å². The minimum Gasteiger partial charge on any atom is -0.507 e. The number of aromatic hydroxyl groups is 1. The number of likely N-dealkylation sites (tertiary alicyclic amines) is 1. The van der Waals surface area contributed by atoms with Crippen LogP contribution in [0.25, 0.3) is 11.1 Å². The number of rotatable bonds is 7. The summed E-state index contributed by atoms with van der Waals surface area (Å²) in [4.78, 5) is 15.9. The first kappa shape index (κ1) is 25.6. The summed E-state index contributed by atoms with van der Waals surface area (Å²) in [5.41, 5.74) is 6.42. The minimum atomic E-state index is -0.214. The van der Waals surface area contributed by atoms with E-state index < -0.39 is 0 Å². The number of nitrogens with zero attached hydrogens (tertiary/aromatic N) is 2. The Labute approximate surface area is 231 Å². The average molecular weight is 520 g/mol. The van der Waals surface area contributed by atoms with Gasteiger partial charge in [-0.05, 0) is 90.9 Å². The number of hydrogen-bond acceptors (Lipinski definition) is 4. The third-order valence-electron chi connectivity index (χ3n) is 9.67. The molecule has 3 unspecified atom stereocenters. The number of phenols is 1. The van der Waals surface area contributed by atoms with Crippen molar-refractivity contribution in [3.05, 3.63) is 88.5 Å². The molecule has 0 radical (unpaired) electrons. The van der Waals surface area contributed by atoms with E-state index in [1.54, 1.807) is 0 Å². The Morgan fingerprint density at radius 3 is 2.44 bits per heavy atom. The topological polar surface area (TPSA) is 76.4 Å². The standard InChI is InChI=1S/C34H37N3O2/c1-22-30-19-28-13-14-29(32(38)31(28)34(22,2)16-18-37(30)21-25-3-4-25)33(39)36-17-15-23-5-9-26(10-6-23)27-11-7-24(20-35)8-12-27/h5-14,22,25,30,38H,3-4,15-19,21H2,1-2H3,(H,36,39). The van der Waals surface area contributed by atoms with Crippen LogP contribution >= 0.6 is 0 Å². The molecule has 1 aliphatic heterocycles. The summed E-state index contributed by atoms with van der Waals surface area (Å²) in [6.45, 7) is 7.41. The summed E-state index contributed by atoms with van der Waals surface area (Å²) in [5, 5.41) is 23.4. The average Bonchev–Trinajstić information content (AvgIpc) is 3.77. The highest BCUT2D eigenvalue weighted by atomic mass is 16.3. The van der Waals surface area contributed by atoms with Crippen LogP contribution in [0.3, 0.4) is 0 Å². The molecule has 3 atom stereocenters. The van der Waals surface area contributed by atoms with E-state index in [0.717, 1.165) is 47.6 Å². The fraction of sp³-hybridized carbons (Fsp3) is 0.412. The normalized spacial score (nSPS) is 24.0. The van der Waals surface area contributed by atoms with Crippen molar-refractivity contribution in [3.8, 4) is 22.9 Å². The summed E-state index contributed by atoms with van der Waals surface area (Å²) in [5.74, 6) is 1.28. The second-order valence-electron chi connectivity index (χ2n) is 12.1. The Balaban J connectivity index is 1.11. The highest BCUT2D eigenvalue weighted by Gasteiger charge is 2.50. The van der Waals surface area contributed by atoms with Gasteiger partial charge in [0, 0.05) is 30.1 Å². The van der Waals surface area contributed by atoms with Gasteiger partial charge in [0.1, 0.15) is 5.75 Å².